The van der Waals surface area contributed by atoms with E-state index in [1.807, 2.05) is 26.0 Å². The van der Waals surface area contributed by atoms with Gasteiger partial charge in [0.25, 0.3) is 0 Å². The highest BCUT2D eigenvalue weighted by molar-refractivity contribution is 9.10. The zero-order valence-corrected chi connectivity index (χ0v) is 14.3. The number of hydrogen-bond acceptors (Lipinski definition) is 3. The van der Waals surface area contributed by atoms with Crippen LogP contribution in [0.4, 0.5) is 0 Å². The first-order valence-electron chi connectivity index (χ1n) is 6.96. The van der Waals surface area contributed by atoms with Crippen LogP contribution in [-0.2, 0) is 4.74 Å². The van der Waals surface area contributed by atoms with Gasteiger partial charge in [-0.3, -0.25) is 4.79 Å². The van der Waals surface area contributed by atoms with E-state index in [1.54, 1.807) is 37.3 Å². The lowest BCUT2D eigenvalue weighted by molar-refractivity contribution is 0.0319. The third kappa shape index (κ3) is 3.83. The number of carbonyl (C=O) groups is 2. The van der Waals surface area contributed by atoms with Gasteiger partial charge in [0.15, 0.2) is 6.10 Å². The number of ketones is 1. The van der Waals surface area contributed by atoms with Crippen molar-refractivity contribution >= 4 is 27.7 Å². The third-order valence-corrected chi connectivity index (χ3v) is 4.05. The third-order valence-electron chi connectivity index (χ3n) is 3.52. The lowest BCUT2D eigenvalue weighted by Gasteiger charge is -2.13. The first kappa shape index (κ1) is 16.4. The van der Waals surface area contributed by atoms with Crippen LogP contribution in [0.5, 0.6) is 0 Å². The van der Waals surface area contributed by atoms with E-state index in [2.05, 4.69) is 15.9 Å². The summed E-state index contributed by atoms with van der Waals surface area (Å²) in [7, 11) is 0. The van der Waals surface area contributed by atoms with Gasteiger partial charge in [0, 0.05) is 10.0 Å². The molecule has 114 valence electrons. The number of rotatable bonds is 4. The summed E-state index contributed by atoms with van der Waals surface area (Å²) in [4.78, 5) is 24.4. The topological polar surface area (TPSA) is 43.4 Å². The molecular formula is C18H17BrO3. The number of ether oxygens (including phenoxy) is 1. The summed E-state index contributed by atoms with van der Waals surface area (Å²) in [6.07, 6.45) is -0.821. The average Bonchev–Trinajstić information content (AvgIpc) is 2.49. The first-order chi connectivity index (χ1) is 10.4. The molecule has 0 aliphatic heterocycles. The van der Waals surface area contributed by atoms with Crippen molar-refractivity contribution in [3.05, 3.63) is 69.2 Å². The summed E-state index contributed by atoms with van der Waals surface area (Å²) < 4.78 is 6.14. The molecule has 2 aromatic carbocycles. The highest BCUT2D eigenvalue weighted by Gasteiger charge is 2.20. The van der Waals surface area contributed by atoms with E-state index in [-0.39, 0.29) is 5.78 Å². The number of aryl methyl sites for hydroxylation is 2. The van der Waals surface area contributed by atoms with E-state index in [4.69, 9.17) is 4.74 Å². The molecule has 0 unspecified atom stereocenters. The smallest absolute Gasteiger partial charge is 0.338 e. The molecular weight excluding hydrogens is 344 g/mol. The highest BCUT2D eigenvalue weighted by atomic mass is 79.9. The first-order valence-corrected chi connectivity index (χ1v) is 7.76. The Morgan fingerprint density at radius 1 is 0.955 bits per heavy atom. The summed E-state index contributed by atoms with van der Waals surface area (Å²) in [6.45, 7) is 5.53. The molecule has 1 atom stereocenters. The Balaban J connectivity index is 2.09. The van der Waals surface area contributed by atoms with Gasteiger partial charge in [-0.05, 0) is 62.2 Å². The Morgan fingerprint density at radius 2 is 1.55 bits per heavy atom. The van der Waals surface area contributed by atoms with E-state index < -0.39 is 12.1 Å². The summed E-state index contributed by atoms with van der Waals surface area (Å²) in [5.41, 5.74) is 3.13. The van der Waals surface area contributed by atoms with Gasteiger partial charge < -0.3 is 4.74 Å². The molecule has 0 radical (unpaired) electrons. The van der Waals surface area contributed by atoms with Gasteiger partial charge in [-0.2, -0.15) is 0 Å². The fraction of sp³-hybridized carbons (Fsp3) is 0.222. The maximum atomic E-state index is 12.3. The standard InChI is InChI=1S/C18H17BrO3/c1-11-4-5-15(10-12(11)2)17(20)13(3)22-18(21)14-6-8-16(19)9-7-14/h4-10,13H,1-3H3/t13-/m0/s1. The van der Waals surface area contributed by atoms with Crippen molar-refractivity contribution in [2.75, 3.05) is 0 Å². The maximum Gasteiger partial charge on any atom is 0.338 e. The maximum absolute atomic E-state index is 12.3. The molecule has 0 saturated carbocycles. The van der Waals surface area contributed by atoms with Crippen molar-refractivity contribution in [2.24, 2.45) is 0 Å². The SMILES string of the molecule is Cc1ccc(C(=O)[C@H](C)OC(=O)c2ccc(Br)cc2)cc1C. The summed E-state index contributed by atoms with van der Waals surface area (Å²) in [6, 6.07) is 12.3. The zero-order chi connectivity index (χ0) is 16.3. The molecule has 3 nitrogen and oxygen atoms in total. The van der Waals surface area contributed by atoms with Gasteiger partial charge in [-0.25, -0.2) is 4.79 Å². The average molecular weight is 361 g/mol. The number of benzene rings is 2. The molecule has 2 rings (SSSR count). The van der Waals surface area contributed by atoms with E-state index in [0.717, 1.165) is 15.6 Å². The molecule has 2 aromatic rings. The molecule has 0 aliphatic rings. The Hall–Kier alpha value is -1.94. The predicted octanol–water partition coefficient (Wildman–Crippen LogP) is 4.49. The van der Waals surface area contributed by atoms with Crippen LogP contribution in [-0.4, -0.2) is 17.9 Å². The molecule has 0 amide bonds. The molecule has 0 heterocycles. The Morgan fingerprint density at radius 3 is 2.14 bits per heavy atom. The van der Waals surface area contributed by atoms with Gasteiger partial charge in [0.2, 0.25) is 5.78 Å². The van der Waals surface area contributed by atoms with Crippen LogP contribution in [0.3, 0.4) is 0 Å². The van der Waals surface area contributed by atoms with Crippen LogP contribution in [0.25, 0.3) is 0 Å². The molecule has 0 N–H and O–H groups in total. The highest BCUT2D eigenvalue weighted by Crippen LogP contribution is 2.15. The van der Waals surface area contributed by atoms with Crippen molar-refractivity contribution in [2.45, 2.75) is 26.9 Å². The predicted molar refractivity (Wildman–Crippen MR) is 89.3 cm³/mol. The van der Waals surface area contributed by atoms with Crippen LogP contribution in [0, 0.1) is 13.8 Å². The van der Waals surface area contributed by atoms with Crippen molar-refractivity contribution in [1.82, 2.24) is 0 Å². The minimum absolute atomic E-state index is 0.200. The van der Waals surface area contributed by atoms with Gasteiger partial charge in [0.1, 0.15) is 0 Å². The second-order valence-corrected chi connectivity index (χ2v) is 6.13. The molecule has 0 fully saturated rings. The molecule has 0 spiro atoms. The van der Waals surface area contributed by atoms with Gasteiger partial charge in [-0.15, -0.1) is 0 Å². The van der Waals surface area contributed by atoms with Crippen molar-refractivity contribution in [3.8, 4) is 0 Å². The van der Waals surface area contributed by atoms with Crippen molar-refractivity contribution in [3.63, 3.8) is 0 Å². The van der Waals surface area contributed by atoms with Gasteiger partial charge in [0.05, 0.1) is 5.56 Å². The monoisotopic (exact) mass is 360 g/mol. The fourth-order valence-electron chi connectivity index (χ4n) is 2.00. The quantitative estimate of drug-likeness (QED) is 0.595. The summed E-state index contributed by atoms with van der Waals surface area (Å²) >= 11 is 3.31. The molecule has 0 aliphatic carbocycles. The Labute approximate surface area is 138 Å². The lowest BCUT2D eigenvalue weighted by atomic mass is 10.0. The molecule has 4 heteroatoms. The second-order valence-electron chi connectivity index (χ2n) is 5.22. The van der Waals surface area contributed by atoms with Crippen LogP contribution in [0.15, 0.2) is 46.9 Å². The Kier molecular flexibility index (Phi) is 5.14. The molecule has 0 aromatic heterocycles. The summed E-state index contributed by atoms with van der Waals surface area (Å²) in [5.74, 6) is -0.703. The van der Waals surface area contributed by atoms with E-state index in [1.165, 1.54) is 0 Å². The van der Waals surface area contributed by atoms with E-state index >= 15 is 0 Å². The van der Waals surface area contributed by atoms with Crippen LogP contribution in [0.1, 0.15) is 38.8 Å². The van der Waals surface area contributed by atoms with Crippen LogP contribution >= 0.6 is 15.9 Å². The summed E-state index contributed by atoms with van der Waals surface area (Å²) in [5, 5.41) is 0. The minimum atomic E-state index is -0.821. The second kappa shape index (κ2) is 6.88. The number of hydrogen-bond donors (Lipinski definition) is 0. The largest absolute Gasteiger partial charge is 0.451 e. The number of Topliss-reactive ketones (excluding diaryl/α,β-unsaturated/α-hetero) is 1. The molecule has 0 bridgehead atoms. The number of carbonyl (C=O) groups excluding carboxylic acids is 2. The van der Waals surface area contributed by atoms with Crippen LogP contribution < -0.4 is 0 Å². The zero-order valence-electron chi connectivity index (χ0n) is 12.7. The van der Waals surface area contributed by atoms with E-state index in [0.29, 0.717) is 11.1 Å². The molecule has 0 saturated heterocycles. The number of esters is 1. The molecule has 22 heavy (non-hydrogen) atoms. The number of halogens is 1. The van der Waals surface area contributed by atoms with Crippen LogP contribution in [0.2, 0.25) is 0 Å². The Bertz CT molecular complexity index is 705. The van der Waals surface area contributed by atoms with Crippen molar-refractivity contribution < 1.29 is 14.3 Å². The minimum Gasteiger partial charge on any atom is -0.451 e. The fourth-order valence-corrected chi connectivity index (χ4v) is 2.26. The van der Waals surface area contributed by atoms with Gasteiger partial charge in [-0.1, -0.05) is 28.1 Å². The van der Waals surface area contributed by atoms with Gasteiger partial charge >= 0.3 is 5.97 Å². The van der Waals surface area contributed by atoms with Crippen molar-refractivity contribution in [1.29, 1.82) is 0 Å². The lowest BCUT2D eigenvalue weighted by Crippen LogP contribution is -2.24. The normalized spacial score (nSPS) is 11.8. The van der Waals surface area contributed by atoms with E-state index in [9.17, 15) is 9.59 Å².